The van der Waals surface area contributed by atoms with Crippen LogP contribution >= 0.6 is 11.6 Å². The lowest BCUT2D eigenvalue weighted by Crippen LogP contribution is -2.28. The Balaban J connectivity index is 2.35. The van der Waals surface area contributed by atoms with Crippen molar-refractivity contribution in [2.24, 2.45) is 0 Å². The van der Waals surface area contributed by atoms with E-state index in [1.165, 1.54) is 0 Å². The summed E-state index contributed by atoms with van der Waals surface area (Å²) >= 11 is 6.37. The molecule has 1 aromatic rings. The lowest BCUT2D eigenvalue weighted by molar-refractivity contribution is -0.117. The first kappa shape index (κ1) is 15.6. The fourth-order valence-corrected chi connectivity index (χ4v) is 2.76. The third kappa shape index (κ3) is 2.97. The van der Waals surface area contributed by atoms with Gasteiger partial charge in [-0.1, -0.05) is 18.5 Å². The van der Waals surface area contributed by atoms with E-state index in [9.17, 15) is 4.79 Å². The number of halogens is 1. The fourth-order valence-electron chi connectivity index (χ4n) is 2.45. The summed E-state index contributed by atoms with van der Waals surface area (Å²) in [5.41, 5.74) is 2.47. The predicted molar refractivity (Wildman–Crippen MR) is 84.6 cm³/mol. The highest BCUT2D eigenvalue weighted by molar-refractivity contribution is 6.33. The Bertz CT molecular complexity index is 596. The molecule has 21 heavy (non-hydrogen) atoms. The molecular weight excluding hydrogens is 288 g/mol. The van der Waals surface area contributed by atoms with Gasteiger partial charge < -0.3 is 15.5 Å². The van der Waals surface area contributed by atoms with E-state index in [2.05, 4.69) is 16.7 Å². The number of carbonyl (C=O) groups excluding carboxylic acids is 1. The molecule has 1 heterocycles. The summed E-state index contributed by atoms with van der Waals surface area (Å²) in [5, 5.41) is 15.4. The van der Waals surface area contributed by atoms with Crippen molar-refractivity contribution in [1.82, 2.24) is 5.32 Å². The van der Waals surface area contributed by atoms with Crippen molar-refractivity contribution in [1.29, 1.82) is 5.26 Å². The van der Waals surface area contributed by atoms with Crippen LogP contribution in [-0.4, -0.2) is 25.5 Å². The van der Waals surface area contributed by atoms with E-state index in [-0.39, 0.29) is 18.0 Å². The molecule has 0 saturated heterocycles. The Morgan fingerprint density at radius 2 is 2.29 bits per heavy atom. The highest BCUT2D eigenvalue weighted by atomic mass is 35.5. The van der Waals surface area contributed by atoms with Crippen LogP contribution in [0.2, 0.25) is 5.02 Å². The van der Waals surface area contributed by atoms with Gasteiger partial charge in [-0.3, -0.25) is 4.79 Å². The van der Waals surface area contributed by atoms with Crippen molar-refractivity contribution in [3.05, 3.63) is 22.7 Å². The second kappa shape index (κ2) is 6.33. The van der Waals surface area contributed by atoms with E-state index in [1.807, 2.05) is 37.9 Å². The maximum Gasteiger partial charge on any atom is 0.246 e. The summed E-state index contributed by atoms with van der Waals surface area (Å²) < 4.78 is 0. The van der Waals surface area contributed by atoms with Crippen LogP contribution in [0.3, 0.4) is 0 Å². The maximum atomic E-state index is 12.0. The third-order valence-electron chi connectivity index (χ3n) is 3.79. The zero-order chi connectivity index (χ0) is 15.6. The Hall–Kier alpha value is -1.77. The van der Waals surface area contributed by atoms with E-state index in [0.717, 1.165) is 16.9 Å². The topological polar surface area (TPSA) is 68.2 Å². The second-order valence-corrected chi connectivity index (χ2v) is 5.60. The molecule has 2 atom stereocenters. The summed E-state index contributed by atoms with van der Waals surface area (Å²) in [5.74, 6) is -0.0622. The van der Waals surface area contributed by atoms with Gasteiger partial charge in [0.2, 0.25) is 5.91 Å². The van der Waals surface area contributed by atoms with E-state index in [0.29, 0.717) is 18.0 Å². The van der Waals surface area contributed by atoms with E-state index in [4.69, 9.17) is 16.9 Å². The van der Waals surface area contributed by atoms with Crippen LogP contribution in [-0.2, 0) is 4.79 Å². The number of rotatable bonds is 5. The molecule has 0 aromatic heterocycles. The van der Waals surface area contributed by atoms with Crippen LogP contribution in [0.25, 0.3) is 0 Å². The normalized spacial score (nSPS) is 17.9. The summed E-state index contributed by atoms with van der Waals surface area (Å²) in [6.45, 7) is 4.63. The Labute approximate surface area is 129 Å². The molecule has 0 saturated carbocycles. The lowest BCUT2D eigenvalue weighted by Gasteiger charge is -2.27. The van der Waals surface area contributed by atoms with Gasteiger partial charge >= 0.3 is 0 Å². The van der Waals surface area contributed by atoms with Crippen LogP contribution < -0.4 is 15.5 Å². The van der Waals surface area contributed by atoms with Gasteiger partial charge in [-0.25, -0.2) is 0 Å². The van der Waals surface area contributed by atoms with Crippen molar-refractivity contribution < 1.29 is 4.79 Å². The zero-order valence-electron chi connectivity index (χ0n) is 12.4. The minimum absolute atomic E-state index is 0.0484. The highest BCUT2D eigenvalue weighted by Crippen LogP contribution is 2.39. The molecule has 2 unspecified atom stereocenters. The Kier molecular flexibility index (Phi) is 4.71. The SMILES string of the molecule is CCNC1C(=O)Nc2cc(N(C)C(C)CC#N)c(Cl)cc21. The Morgan fingerprint density at radius 3 is 2.90 bits per heavy atom. The van der Waals surface area contributed by atoms with Crippen molar-refractivity contribution in [3.8, 4) is 6.07 Å². The van der Waals surface area contributed by atoms with E-state index in [1.54, 1.807) is 0 Å². The molecule has 0 radical (unpaired) electrons. The smallest absolute Gasteiger partial charge is 0.246 e. The largest absolute Gasteiger partial charge is 0.370 e. The minimum Gasteiger partial charge on any atom is -0.370 e. The van der Waals surface area contributed by atoms with Gasteiger partial charge in [-0.05, 0) is 25.6 Å². The van der Waals surface area contributed by atoms with E-state index < -0.39 is 0 Å². The molecule has 1 amide bonds. The Morgan fingerprint density at radius 1 is 1.57 bits per heavy atom. The van der Waals surface area contributed by atoms with Crippen molar-refractivity contribution in [3.63, 3.8) is 0 Å². The van der Waals surface area contributed by atoms with Crippen LogP contribution in [0, 0.1) is 11.3 Å². The first-order valence-corrected chi connectivity index (χ1v) is 7.34. The van der Waals surface area contributed by atoms with Crippen LogP contribution in [0.1, 0.15) is 31.9 Å². The van der Waals surface area contributed by atoms with Crippen LogP contribution in [0.4, 0.5) is 11.4 Å². The monoisotopic (exact) mass is 306 g/mol. The number of hydrogen-bond donors (Lipinski definition) is 2. The van der Waals surface area contributed by atoms with Gasteiger partial charge in [0.05, 0.1) is 23.2 Å². The minimum atomic E-state index is -0.349. The van der Waals surface area contributed by atoms with Crippen molar-refractivity contribution >= 4 is 28.9 Å². The molecule has 0 fully saturated rings. The summed E-state index contributed by atoms with van der Waals surface area (Å²) in [6.07, 6.45) is 0.413. The third-order valence-corrected chi connectivity index (χ3v) is 4.09. The molecule has 112 valence electrons. The average Bonchev–Trinajstić information content (AvgIpc) is 2.74. The molecule has 6 heteroatoms. The van der Waals surface area contributed by atoms with Gasteiger partial charge in [0.1, 0.15) is 6.04 Å². The lowest BCUT2D eigenvalue weighted by atomic mass is 10.1. The molecule has 1 aromatic carbocycles. The van der Waals surface area contributed by atoms with Gasteiger partial charge in [-0.15, -0.1) is 0 Å². The first-order chi connectivity index (χ1) is 9.99. The van der Waals surface area contributed by atoms with Gasteiger partial charge in [0, 0.05) is 24.3 Å². The number of fused-ring (bicyclic) bond motifs is 1. The molecule has 0 bridgehead atoms. The second-order valence-electron chi connectivity index (χ2n) is 5.19. The van der Waals surface area contributed by atoms with Gasteiger partial charge in [0.25, 0.3) is 0 Å². The summed E-state index contributed by atoms with van der Waals surface area (Å²) in [6, 6.07) is 5.56. The number of hydrogen-bond acceptors (Lipinski definition) is 4. The molecular formula is C15H19ClN4O. The molecule has 0 spiro atoms. The van der Waals surface area contributed by atoms with Crippen LogP contribution in [0.5, 0.6) is 0 Å². The number of amides is 1. The number of nitrogens with one attached hydrogen (secondary N) is 2. The standard InChI is InChI=1S/C15H19ClN4O/c1-4-18-14-10-7-11(16)13(8-12(10)19-15(14)21)20(3)9(2)5-6-17/h7-9,14,18H,4-5H2,1-3H3,(H,19,21). The van der Waals surface area contributed by atoms with Gasteiger partial charge in [0.15, 0.2) is 0 Å². The molecule has 2 rings (SSSR count). The quantitative estimate of drug-likeness (QED) is 0.877. The molecule has 1 aliphatic heterocycles. The van der Waals surface area contributed by atoms with Gasteiger partial charge in [-0.2, -0.15) is 5.26 Å². The molecule has 1 aliphatic rings. The maximum absolute atomic E-state index is 12.0. The number of anilines is 2. The zero-order valence-corrected chi connectivity index (χ0v) is 13.2. The number of carbonyl (C=O) groups is 1. The molecule has 0 aliphatic carbocycles. The average molecular weight is 307 g/mol. The number of nitriles is 1. The summed E-state index contributed by atoms with van der Waals surface area (Å²) in [4.78, 5) is 13.9. The molecule has 2 N–H and O–H groups in total. The van der Waals surface area contributed by atoms with E-state index >= 15 is 0 Å². The highest BCUT2D eigenvalue weighted by Gasteiger charge is 2.31. The number of nitrogens with zero attached hydrogens (tertiary/aromatic N) is 2. The molecule has 5 nitrogen and oxygen atoms in total. The van der Waals surface area contributed by atoms with Crippen molar-refractivity contribution in [2.75, 3.05) is 23.8 Å². The van der Waals surface area contributed by atoms with Crippen molar-refractivity contribution in [2.45, 2.75) is 32.4 Å². The summed E-state index contributed by atoms with van der Waals surface area (Å²) in [7, 11) is 1.90. The number of likely N-dealkylation sites (N-methyl/N-ethyl adjacent to an activating group) is 1. The van der Waals surface area contributed by atoms with Crippen LogP contribution in [0.15, 0.2) is 12.1 Å². The first-order valence-electron chi connectivity index (χ1n) is 6.97. The predicted octanol–water partition coefficient (Wildman–Crippen LogP) is 2.68. The fraction of sp³-hybridized carbons (Fsp3) is 0.467. The number of benzene rings is 1.